The average Bonchev–Trinajstić information content (AvgIpc) is 2.83. The SMILES string of the molecule is C[C@@H]1CN(c2cc(F)c(-c3cnc(N)nc3)cc2NC(=O)c2ccc(F)cc2C(F)(F)F)C[C@H](C)N1C. The van der Waals surface area contributed by atoms with Crippen molar-refractivity contribution in [3.8, 4) is 11.1 Å². The van der Waals surface area contributed by atoms with E-state index in [1.54, 1.807) is 0 Å². The van der Waals surface area contributed by atoms with Crippen LogP contribution in [0.15, 0.2) is 42.7 Å². The van der Waals surface area contributed by atoms with Crippen molar-refractivity contribution in [3.05, 3.63) is 65.5 Å². The van der Waals surface area contributed by atoms with E-state index < -0.39 is 34.8 Å². The van der Waals surface area contributed by atoms with Gasteiger partial charge in [0, 0.05) is 48.7 Å². The molecule has 0 radical (unpaired) electrons. The summed E-state index contributed by atoms with van der Waals surface area (Å²) in [5.41, 5.74) is 4.00. The summed E-state index contributed by atoms with van der Waals surface area (Å²) < 4.78 is 69.6. The van der Waals surface area contributed by atoms with E-state index in [0.29, 0.717) is 18.8 Å². The molecule has 1 fully saturated rings. The first kappa shape index (κ1) is 26.3. The number of piperazine rings is 1. The normalized spacial score (nSPS) is 18.6. The number of nitrogens with one attached hydrogen (secondary N) is 1. The van der Waals surface area contributed by atoms with Crippen molar-refractivity contribution in [3.63, 3.8) is 0 Å². The Balaban J connectivity index is 1.81. The van der Waals surface area contributed by atoms with Crippen LogP contribution in [0.2, 0.25) is 0 Å². The van der Waals surface area contributed by atoms with Crippen LogP contribution >= 0.6 is 0 Å². The number of nitrogen functional groups attached to an aromatic ring is 1. The van der Waals surface area contributed by atoms with Crippen molar-refractivity contribution in [2.24, 2.45) is 0 Å². The molecule has 0 saturated carbocycles. The molecule has 2 atom stereocenters. The van der Waals surface area contributed by atoms with E-state index in [2.05, 4.69) is 20.2 Å². The Hall–Kier alpha value is -3.80. The van der Waals surface area contributed by atoms with Gasteiger partial charge in [-0.1, -0.05) is 0 Å². The number of rotatable bonds is 4. The van der Waals surface area contributed by atoms with E-state index in [4.69, 9.17) is 5.73 Å². The summed E-state index contributed by atoms with van der Waals surface area (Å²) in [6, 6.07) is 4.51. The molecular weight excluding hydrogens is 495 g/mol. The summed E-state index contributed by atoms with van der Waals surface area (Å²) in [5.74, 6) is -2.91. The molecule has 2 aromatic carbocycles. The smallest absolute Gasteiger partial charge is 0.368 e. The molecule has 3 aromatic rings. The molecule has 196 valence electrons. The van der Waals surface area contributed by atoms with Gasteiger partial charge in [0.25, 0.3) is 5.91 Å². The van der Waals surface area contributed by atoms with Crippen molar-refractivity contribution < 1.29 is 26.7 Å². The summed E-state index contributed by atoms with van der Waals surface area (Å²) in [7, 11) is 1.97. The van der Waals surface area contributed by atoms with Gasteiger partial charge in [-0.15, -0.1) is 0 Å². The molecule has 0 bridgehead atoms. The Kier molecular flexibility index (Phi) is 7.05. The number of hydrogen-bond acceptors (Lipinski definition) is 6. The van der Waals surface area contributed by atoms with Crippen LogP contribution in [0.1, 0.15) is 29.8 Å². The zero-order chi connectivity index (χ0) is 27.1. The number of nitrogens with two attached hydrogens (primary N) is 1. The number of benzene rings is 2. The molecule has 1 amide bonds. The second kappa shape index (κ2) is 9.92. The van der Waals surface area contributed by atoms with E-state index in [1.807, 2.05) is 25.8 Å². The van der Waals surface area contributed by atoms with Gasteiger partial charge in [0.1, 0.15) is 11.6 Å². The summed E-state index contributed by atoms with van der Waals surface area (Å²) in [5, 5.41) is 2.50. The fourth-order valence-corrected chi connectivity index (χ4v) is 4.36. The lowest BCUT2D eigenvalue weighted by atomic mass is 10.0. The molecule has 0 unspecified atom stereocenters. The molecule has 3 N–H and O–H groups in total. The van der Waals surface area contributed by atoms with Crippen LogP contribution in [0, 0.1) is 11.6 Å². The van der Waals surface area contributed by atoms with Crippen LogP contribution in [0.5, 0.6) is 0 Å². The Morgan fingerprint density at radius 2 is 1.68 bits per heavy atom. The van der Waals surface area contributed by atoms with Crippen LogP contribution < -0.4 is 16.0 Å². The number of alkyl halides is 3. The standard InChI is InChI=1S/C25H25F5N6O/c1-13-11-36(12-14(2)35(13)3)22-8-20(27)18(15-9-32-24(31)33-10-15)7-21(22)34-23(37)17-5-4-16(26)6-19(17)25(28,29)30/h4-10,13-14H,11-12H2,1-3H3,(H,34,37)(H2,31,32,33)/t13-,14+. The van der Waals surface area contributed by atoms with Crippen LogP contribution in [0.4, 0.5) is 39.3 Å². The van der Waals surface area contributed by atoms with Gasteiger partial charge in [-0.3, -0.25) is 9.69 Å². The predicted molar refractivity (Wildman–Crippen MR) is 130 cm³/mol. The number of likely N-dealkylation sites (N-methyl/N-ethyl adjacent to an activating group) is 1. The zero-order valence-electron chi connectivity index (χ0n) is 20.3. The quantitative estimate of drug-likeness (QED) is 0.481. The molecule has 1 aliphatic rings. The van der Waals surface area contributed by atoms with Crippen LogP contribution in [-0.4, -0.2) is 53.0 Å². The highest BCUT2D eigenvalue weighted by atomic mass is 19.4. The fraction of sp³-hybridized carbons (Fsp3) is 0.320. The second-order valence-electron chi connectivity index (χ2n) is 9.09. The first-order chi connectivity index (χ1) is 17.3. The molecule has 1 aromatic heterocycles. The minimum Gasteiger partial charge on any atom is -0.368 e. The molecule has 1 saturated heterocycles. The largest absolute Gasteiger partial charge is 0.417 e. The van der Waals surface area contributed by atoms with Crippen molar-refractivity contribution in [2.75, 3.05) is 36.1 Å². The zero-order valence-corrected chi connectivity index (χ0v) is 20.3. The number of aromatic nitrogens is 2. The van der Waals surface area contributed by atoms with Crippen LogP contribution in [0.3, 0.4) is 0 Å². The lowest BCUT2D eigenvalue weighted by molar-refractivity contribution is -0.138. The number of carbonyl (C=O) groups is 1. The summed E-state index contributed by atoms with van der Waals surface area (Å²) >= 11 is 0. The number of hydrogen-bond donors (Lipinski definition) is 2. The summed E-state index contributed by atoms with van der Waals surface area (Å²) in [6.07, 6.45) is -2.36. The van der Waals surface area contributed by atoms with E-state index >= 15 is 4.39 Å². The fourth-order valence-electron chi connectivity index (χ4n) is 4.36. The van der Waals surface area contributed by atoms with Gasteiger partial charge in [0.2, 0.25) is 5.95 Å². The maximum Gasteiger partial charge on any atom is 0.417 e. The number of amides is 1. The third-order valence-corrected chi connectivity index (χ3v) is 6.55. The number of nitrogens with zero attached hydrogens (tertiary/aromatic N) is 4. The Morgan fingerprint density at radius 3 is 2.27 bits per heavy atom. The van der Waals surface area contributed by atoms with Crippen molar-refractivity contribution in [1.29, 1.82) is 0 Å². The van der Waals surface area contributed by atoms with Crippen molar-refractivity contribution >= 4 is 23.2 Å². The Morgan fingerprint density at radius 1 is 1.05 bits per heavy atom. The molecule has 37 heavy (non-hydrogen) atoms. The van der Waals surface area contributed by atoms with Crippen LogP contribution in [-0.2, 0) is 6.18 Å². The van der Waals surface area contributed by atoms with E-state index in [-0.39, 0.29) is 40.9 Å². The molecule has 7 nitrogen and oxygen atoms in total. The van der Waals surface area contributed by atoms with Crippen LogP contribution in [0.25, 0.3) is 11.1 Å². The topological polar surface area (TPSA) is 87.4 Å². The molecule has 4 rings (SSSR count). The third kappa shape index (κ3) is 5.48. The number of anilines is 3. The minimum absolute atomic E-state index is 0.0180. The monoisotopic (exact) mass is 520 g/mol. The van der Waals surface area contributed by atoms with Gasteiger partial charge in [-0.2, -0.15) is 13.2 Å². The van der Waals surface area contributed by atoms with Crippen molar-refractivity contribution in [1.82, 2.24) is 14.9 Å². The Labute approximate surface area is 210 Å². The van der Waals surface area contributed by atoms with Crippen molar-refractivity contribution in [2.45, 2.75) is 32.1 Å². The molecule has 1 aliphatic heterocycles. The predicted octanol–water partition coefficient (Wildman–Crippen LogP) is 4.80. The molecule has 2 heterocycles. The highest BCUT2D eigenvalue weighted by Gasteiger charge is 2.36. The molecule has 12 heteroatoms. The molecular formula is C25H25F5N6O. The minimum atomic E-state index is -4.96. The van der Waals surface area contributed by atoms with Gasteiger partial charge in [0.15, 0.2) is 0 Å². The Bertz CT molecular complexity index is 1300. The molecule has 0 aliphatic carbocycles. The summed E-state index contributed by atoms with van der Waals surface area (Å²) in [6.45, 7) is 4.95. The van der Waals surface area contributed by atoms with Gasteiger partial charge in [-0.25, -0.2) is 18.7 Å². The number of halogens is 5. The van der Waals surface area contributed by atoms with Gasteiger partial charge < -0.3 is 16.0 Å². The lowest BCUT2D eigenvalue weighted by Gasteiger charge is -2.44. The lowest BCUT2D eigenvalue weighted by Crippen LogP contribution is -2.55. The van der Waals surface area contributed by atoms with E-state index in [9.17, 15) is 22.4 Å². The van der Waals surface area contributed by atoms with Gasteiger partial charge in [0.05, 0.1) is 22.5 Å². The average molecular weight is 521 g/mol. The maximum atomic E-state index is 15.3. The number of carbonyl (C=O) groups excluding carboxylic acids is 1. The molecule has 0 spiro atoms. The highest BCUT2D eigenvalue weighted by molar-refractivity contribution is 6.07. The maximum absolute atomic E-state index is 15.3. The van der Waals surface area contributed by atoms with E-state index in [0.717, 1.165) is 12.1 Å². The van der Waals surface area contributed by atoms with E-state index in [1.165, 1.54) is 24.5 Å². The van der Waals surface area contributed by atoms with Gasteiger partial charge >= 0.3 is 6.18 Å². The van der Waals surface area contributed by atoms with Gasteiger partial charge in [-0.05, 0) is 51.2 Å². The summed E-state index contributed by atoms with van der Waals surface area (Å²) in [4.78, 5) is 24.8. The highest BCUT2D eigenvalue weighted by Crippen LogP contribution is 2.37. The third-order valence-electron chi connectivity index (χ3n) is 6.55. The first-order valence-electron chi connectivity index (χ1n) is 11.4. The first-order valence-corrected chi connectivity index (χ1v) is 11.4. The second-order valence-corrected chi connectivity index (χ2v) is 9.09.